The van der Waals surface area contributed by atoms with Crippen LogP contribution in [0.2, 0.25) is 0 Å². The number of hydrogen-bond donors (Lipinski definition) is 0. The summed E-state index contributed by atoms with van der Waals surface area (Å²) >= 11 is 0. The van der Waals surface area contributed by atoms with Crippen molar-refractivity contribution in [3.63, 3.8) is 0 Å². The molecule has 32 heavy (non-hydrogen) atoms. The fraction of sp³-hybridized carbons (Fsp3) is 0.615. The van der Waals surface area contributed by atoms with Gasteiger partial charge in [0.05, 0.1) is 25.6 Å². The third kappa shape index (κ3) is 10.4. The molecule has 1 heterocycles. The lowest BCUT2D eigenvalue weighted by atomic mass is 10.1. The molecule has 1 aromatic heterocycles. The van der Waals surface area contributed by atoms with Gasteiger partial charge >= 0.3 is 0 Å². The van der Waals surface area contributed by atoms with E-state index in [1.54, 1.807) is 12.4 Å². The summed E-state index contributed by atoms with van der Waals surface area (Å²) in [4.78, 5) is 8.68. The van der Waals surface area contributed by atoms with Crippen LogP contribution in [0.3, 0.4) is 0 Å². The van der Waals surface area contributed by atoms with Crippen molar-refractivity contribution < 1.29 is 18.3 Å². The van der Waals surface area contributed by atoms with E-state index >= 15 is 0 Å². The van der Waals surface area contributed by atoms with Gasteiger partial charge in [-0.1, -0.05) is 52.4 Å². The molecule has 0 saturated heterocycles. The van der Waals surface area contributed by atoms with E-state index in [4.69, 9.17) is 9.47 Å². The SMILES string of the molecule is CCCCCCC[C@@H](F)CCOc1cnc(-c2ccc(OCC[C@H](F)CCC)cc2)nc1. The standard InChI is InChI=1S/C26H38F2N2O2/c1-3-5-6-7-8-10-23(28)16-18-32-25-19-29-26(30-20-25)21-11-13-24(14-12-21)31-17-15-22(27)9-4-2/h11-14,19-20,22-23H,3-10,15-18H2,1-2H3/t22-,23-/m1/s1. The molecule has 0 N–H and O–H groups in total. The first-order valence-corrected chi connectivity index (χ1v) is 12.1. The summed E-state index contributed by atoms with van der Waals surface area (Å²) in [5, 5.41) is 0. The van der Waals surface area contributed by atoms with Gasteiger partial charge in [-0.3, -0.25) is 0 Å². The largest absolute Gasteiger partial charge is 0.493 e. The van der Waals surface area contributed by atoms with E-state index in [-0.39, 0.29) is 0 Å². The molecule has 4 nitrogen and oxygen atoms in total. The van der Waals surface area contributed by atoms with Gasteiger partial charge in [-0.05, 0) is 37.1 Å². The van der Waals surface area contributed by atoms with Gasteiger partial charge in [0.15, 0.2) is 11.6 Å². The quantitative estimate of drug-likeness (QED) is 0.235. The van der Waals surface area contributed by atoms with Crippen molar-refractivity contribution in [2.75, 3.05) is 13.2 Å². The van der Waals surface area contributed by atoms with Crippen molar-refractivity contribution >= 4 is 0 Å². The molecule has 0 radical (unpaired) electrons. The average Bonchev–Trinajstić information content (AvgIpc) is 2.80. The number of unbranched alkanes of at least 4 members (excludes halogenated alkanes) is 4. The molecule has 2 rings (SSSR count). The molecule has 0 aliphatic heterocycles. The summed E-state index contributed by atoms with van der Waals surface area (Å²) in [5.41, 5.74) is 0.852. The van der Waals surface area contributed by atoms with E-state index in [2.05, 4.69) is 16.9 Å². The van der Waals surface area contributed by atoms with Crippen molar-refractivity contribution in [2.45, 2.75) is 90.4 Å². The van der Waals surface area contributed by atoms with Crippen LogP contribution in [0.5, 0.6) is 11.5 Å². The number of aromatic nitrogens is 2. The van der Waals surface area contributed by atoms with Gasteiger partial charge in [-0.25, -0.2) is 18.7 Å². The predicted molar refractivity (Wildman–Crippen MR) is 126 cm³/mol. The van der Waals surface area contributed by atoms with Crippen LogP contribution < -0.4 is 9.47 Å². The zero-order valence-electron chi connectivity index (χ0n) is 19.6. The molecule has 6 heteroatoms. The van der Waals surface area contributed by atoms with Crippen LogP contribution in [0.15, 0.2) is 36.7 Å². The number of benzene rings is 1. The van der Waals surface area contributed by atoms with E-state index in [9.17, 15) is 8.78 Å². The van der Waals surface area contributed by atoms with Crippen LogP contribution in [0.4, 0.5) is 8.78 Å². The lowest BCUT2D eigenvalue weighted by Gasteiger charge is -2.10. The molecule has 1 aromatic carbocycles. The minimum atomic E-state index is -0.819. The summed E-state index contributed by atoms with van der Waals surface area (Å²) in [7, 11) is 0. The summed E-state index contributed by atoms with van der Waals surface area (Å²) in [6.45, 7) is 4.84. The van der Waals surface area contributed by atoms with Gasteiger partial charge in [0.1, 0.15) is 18.1 Å². The second-order valence-electron chi connectivity index (χ2n) is 8.23. The van der Waals surface area contributed by atoms with Gasteiger partial charge in [0, 0.05) is 18.4 Å². The first kappa shape index (κ1) is 26.0. The Bertz CT molecular complexity index is 726. The molecular weight excluding hydrogens is 410 g/mol. The van der Waals surface area contributed by atoms with Crippen molar-refractivity contribution in [1.82, 2.24) is 9.97 Å². The maximum atomic E-state index is 13.9. The predicted octanol–water partition coefficient (Wildman–Crippen LogP) is 7.52. The van der Waals surface area contributed by atoms with Gasteiger partial charge in [-0.15, -0.1) is 0 Å². The smallest absolute Gasteiger partial charge is 0.159 e. The highest BCUT2D eigenvalue weighted by Crippen LogP contribution is 2.21. The first-order valence-electron chi connectivity index (χ1n) is 12.1. The maximum Gasteiger partial charge on any atom is 0.159 e. The van der Waals surface area contributed by atoms with Crippen LogP contribution in [0, 0.1) is 0 Å². The van der Waals surface area contributed by atoms with Crippen LogP contribution in [0.25, 0.3) is 11.4 Å². The van der Waals surface area contributed by atoms with Crippen molar-refractivity contribution in [3.8, 4) is 22.9 Å². The summed E-state index contributed by atoms with van der Waals surface area (Å²) < 4.78 is 38.7. The van der Waals surface area contributed by atoms with Crippen molar-refractivity contribution in [3.05, 3.63) is 36.7 Å². The van der Waals surface area contributed by atoms with E-state index in [0.29, 0.717) is 56.2 Å². The summed E-state index contributed by atoms with van der Waals surface area (Å²) in [6, 6.07) is 7.41. The third-order valence-corrected chi connectivity index (χ3v) is 5.36. The van der Waals surface area contributed by atoms with Gasteiger partial charge in [0.25, 0.3) is 0 Å². The number of halogens is 2. The maximum absolute atomic E-state index is 13.9. The molecular formula is C26H38F2N2O2. The lowest BCUT2D eigenvalue weighted by molar-refractivity contribution is 0.221. The first-order chi connectivity index (χ1) is 15.6. The number of hydrogen-bond acceptors (Lipinski definition) is 4. The fourth-order valence-corrected chi connectivity index (χ4v) is 3.42. The molecule has 0 fully saturated rings. The topological polar surface area (TPSA) is 44.2 Å². The lowest BCUT2D eigenvalue weighted by Crippen LogP contribution is -2.08. The fourth-order valence-electron chi connectivity index (χ4n) is 3.42. The number of nitrogens with zero attached hydrogens (tertiary/aromatic N) is 2. The van der Waals surface area contributed by atoms with Crippen molar-refractivity contribution in [1.29, 1.82) is 0 Å². The Balaban J connectivity index is 1.69. The molecule has 0 amide bonds. The van der Waals surface area contributed by atoms with Crippen LogP contribution in [-0.2, 0) is 0 Å². The Morgan fingerprint density at radius 1 is 0.688 bits per heavy atom. The third-order valence-electron chi connectivity index (χ3n) is 5.36. The Kier molecular flexibility index (Phi) is 12.6. The highest BCUT2D eigenvalue weighted by atomic mass is 19.1. The highest BCUT2D eigenvalue weighted by Gasteiger charge is 2.08. The van der Waals surface area contributed by atoms with E-state index < -0.39 is 12.3 Å². The zero-order chi connectivity index (χ0) is 23.0. The highest BCUT2D eigenvalue weighted by molar-refractivity contribution is 5.56. The van der Waals surface area contributed by atoms with E-state index in [1.807, 2.05) is 31.2 Å². The zero-order valence-corrected chi connectivity index (χ0v) is 19.6. The van der Waals surface area contributed by atoms with Crippen LogP contribution >= 0.6 is 0 Å². The molecule has 0 unspecified atom stereocenters. The Morgan fingerprint density at radius 2 is 1.28 bits per heavy atom. The summed E-state index contributed by atoms with van der Waals surface area (Å²) in [5.74, 6) is 1.81. The minimum absolute atomic E-state index is 0.322. The normalized spacial score (nSPS) is 13.0. The number of ether oxygens (including phenoxy) is 2. The molecule has 178 valence electrons. The minimum Gasteiger partial charge on any atom is -0.493 e. The van der Waals surface area contributed by atoms with Gasteiger partial charge in [-0.2, -0.15) is 0 Å². The molecule has 2 aromatic rings. The van der Waals surface area contributed by atoms with E-state index in [1.165, 1.54) is 19.3 Å². The second-order valence-corrected chi connectivity index (χ2v) is 8.23. The Hall–Kier alpha value is -2.24. The molecule has 0 bridgehead atoms. The molecule has 0 saturated carbocycles. The van der Waals surface area contributed by atoms with Gasteiger partial charge in [0.2, 0.25) is 0 Å². The monoisotopic (exact) mass is 448 g/mol. The van der Waals surface area contributed by atoms with Crippen LogP contribution in [0.1, 0.15) is 78.1 Å². The summed E-state index contributed by atoms with van der Waals surface area (Å²) in [6.07, 6.45) is 10.1. The number of alkyl halides is 2. The molecule has 0 aliphatic rings. The van der Waals surface area contributed by atoms with Crippen molar-refractivity contribution in [2.24, 2.45) is 0 Å². The Morgan fingerprint density at radius 3 is 1.91 bits per heavy atom. The molecule has 2 atom stereocenters. The van der Waals surface area contributed by atoms with Gasteiger partial charge < -0.3 is 9.47 Å². The Labute approximate surface area is 191 Å². The number of rotatable bonds is 17. The average molecular weight is 449 g/mol. The van der Waals surface area contributed by atoms with Crippen LogP contribution in [-0.4, -0.2) is 35.5 Å². The van der Waals surface area contributed by atoms with E-state index in [0.717, 1.165) is 24.8 Å². The second kappa shape index (κ2) is 15.5. The molecule has 0 spiro atoms. The molecule has 0 aliphatic carbocycles.